The highest BCUT2D eigenvalue weighted by Gasteiger charge is 2.08. The minimum Gasteiger partial charge on any atom is -0.350 e. The molecule has 3 aromatic rings. The summed E-state index contributed by atoms with van der Waals surface area (Å²) in [6.07, 6.45) is 3.22. The van der Waals surface area contributed by atoms with Gasteiger partial charge in [-0.25, -0.2) is 9.67 Å². The van der Waals surface area contributed by atoms with Crippen LogP contribution in [0.4, 0.5) is 0 Å². The molecule has 0 aliphatic carbocycles. The van der Waals surface area contributed by atoms with Gasteiger partial charge in [-0.3, -0.25) is 9.78 Å². The summed E-state index contributed by atoms with van der Waals surface area (Å²) in [5, 5.41) is 7.15. The fraction of sp³-hybridized carbons (Fsp3) is 0.176. The number of hydrogen-bond donors (Lipinski definition) is 1. The summed E-state index contributed by atoms with van der Waals surface area (Å²) in [5.74, 6) is 0.404. The molecule has 0 radical (unpaired) electrons. The van der Waals surface area contributed by atoms with Gasteiger partial charge in [-0.2, -0.15) is 0 Å². The number of aryl methyl sites for hydroxylation is 1. The number of rotatable bonds is 5. The zero-order chi connectivity index (χ0) is 16.1. The topological polar surface area (TPSA) is 72.7 Å². The molecule has 1 N–H and O–H groups in total. The van der Waals surface area contributed by atoms with Crippen molar-refractivity contribution in [3.63, 3.8) is 0 Å². The van der Waals surface area contributed by atoms with Crippen LogP contribution in [0.2, 0.25) is 0 Å². The molecule has 0 aliphatic heterocycles. The van der Waals surface area contributed by atoms with E-state index in [1.165, 1.54) is 16.6 Å². The Morgan fingerprint density at radius 1 is 1.17 bits per heavy atom. The third kappa shape index (κ3) is 4.00. The summed E-state index contributed by atoms with van der Waals surface area (Å²) in [6, 6.07) is 13.6. The van der Waals surface area contributed by atoms with E-state index in [1.807, 2.05) is 43.3 Å². The Morgan fingerprint density at radius 2 is 2.09 bits per heavy atom. The first-order valence-electron chi connectivity index (χ1n) is 7.34. The maximum Gasteiger partial charge on any atom is 0.242 e. The van der Waals surface area contributed by atoms with Gasteiger partial charge in [0.15, 0.2) is 5.82 Å². The van der Waals surface area contributed by atoms with Gasteiger partial charge in [-0.05, 0) is 24.6 Å². The second kappa shape index (κ2) is 6.83. The average molecular weight is 307 g/mol. The number of nitrogens with zero attached hydrogens (tertiary/aromatic N) is 4. The van der Waals surface area contributed by atoms with Gasteiger partial charge in [-0.1, -0.05) is 35.9 Å². The number of benzene rings is 1. The van der Waals surface area contributed by atoms with E-state index < -0.39 is 0 Å². The van der Waals surface area contributed by atoms with Crippen LogP contribution in [0, 0.1) is 6.92 Å². The highest BCUT2D eigenvalue weighted by Crippen LogP contribution is 2.09. The number of nitrogens with one attached hydrogen (secondary N) is 1. The number of hydrogen-bond acceptors (Lipinski definition) is 4. The Kier molecular flexibility index (Phi) is 4.42. The lowest BCUT2D eigenvalue weighted by Gasteiger charge is -2.06. The highest BCUT2D eigenvalue weighted by molar-refractivity contribution is 5.75. The molecule has 0 atom stereocenters. The van der Waals surface area contributed by atoms with Crippen molar-refractivity contribution in [2.24, 2.45) is 0 Å². The Morgan fingerprint density at radius 3 is 2.87 bits per heavy atom. The van der Waals surface area contributed by atoms with Crippen LogP contribution in [0.3, 0.4) is 0 Å². The van der Waals surface area contributed by atoms with Crippen molar-refractivity contribution in [3.8, 4) is 11.5 Å². The van der Waals surface area contributed by atoms with Crippen LogP contribution in [0.1, 0.15) is 11.1 Å². The summed E-state index contributed by atoms with van der Waals surface area (Å²) in [4.78, 5) is 20.4. The summed E-state index contributed by atoms with van der Waals surface area (Å²) >= 11 is 0. The predicted molar refractivity (Wildman–Crippen MR) is 86.3 cm³/mol. The molecule has 0 saturated carbocycles. The van der Waals surface area contributed by atoms with Gasteiger partial charge in [0.1, 0.15) is 18.6 Å². The molecule has 6 heteroatoms. The molecule has 2 aromatic heterocycles. The number of aromatic nitrogens is 4. The third-order valence-corrected chi connectivity index (χ3v) is 3.31. The molecule has 2 heterocycles. The monoisotopic (exact) mass is 307 g/mol. The number of pyridine rings is 1. The smallest absolute Gasteiger partial charge is 0.242 e. The standard InChI is InChI=1S/C17H17N5O/c1-13-5-4-6-14(9-13)10-19-16(23)11-22-12-20-17(21-22)15-7-2-3-8-18-15/h2-9,12H,10-11H2,1H3,(H,19,23). The minimum absolute atomic E-state index is 0.107. The second-order valence-corrected chi connectivity index (χ2v) is 5.25. The summed E-state index contributed by atoms with van der Waals surface area (Å²) in [6.45, 7) is 2.66. The van der Waals surface area contributed by atoms with E-state index in [2.05, 4.69) is 26.4 Å². The van der Waals surface area contributed by atoms with Gasteiger partial charge < -0.3 is 5.32 Å². The van der Waals surface area contributed by atoms with Crippen molar-refractivity contribution < 1.29 is 4.79 Å². The van der Waals surface area contributed by atoms with Crippen molar-refractivity contribution in [3.05, 3.63) is 66.1 Å². The van der Waals surface area contributed by atoms with E-state index in [9.17, 15) is 4.79 Å². The quantitative estimate of drug-likeness (QED) is 0.782. The van der Waals surface area contributed by atoms with Gasteiger partial charge in [0.2, 0.25) is 5.91 Å². The van der Waals surface area contributed by atoms with E-state index in [0.717, 1.165) is 5.56 Å². The van der Waals surface area contributed by atoms with Crippen LogP contribution in [-0.4, -0.2) is 25.7 Å². The maximum atomic E-state index is 12.0. The van der Waals surface area contributed by atoms with Crippen LogP contribution in [0.25, 0.3) is 11.5 Å². The molecule has 116 valence electrons. The first-order valence-corrected chi connectivity index (χ1v) is 7.34. The van der Waals surface area contributed by atoms with Crippen LogP contribution >= 0.6 is 0 Å². The van der Waals surface area contributed by atoms with Gasteiger partial charge in [-0.15, -0.1) is 5.10 Å². The SMILES string of the molecule is Cc1cccc(CNC(=O)Cn2cnc(-c3ccccn3)n2)c1. The fourth-order valence-corrected chi connectivity index (χ4v) is 2.21. The molecule has 1 amide bonds. The highest BCUT2D eigenvalue weighted by atomic mass is 16.2. The van der Waals surface area contributed by atoms with Crippen LogP contribution in [0.15, 0.2) is 55.0 Å². The summed E-state index contributed by atoms with van der Waals surface area (Å²) < 4.78 is 1.51. The maximum absolute atomic E-state index is 12.0. The lowest BCUT2D eigenvalue weighted by atomic mass is 10.1. The molecule has 0 unspecified atom stereocenters. The molecule has 6 nitrogen and oxygen atoms in total. The van der Waals surface area contributed by atoms with Crippen molar-refractivity contribution in [2.45, 2.75) is 20.0 Å². The Labute approximate surface area is 134 Å². The zero-order valence-corrected chi connectivity index (χ0v) is 12.8. The molecule has 0 fully saturated rings. The number of amides is 1. The third-order valence-electron chi connectivity index (χ3n) is 3.31. The molecule has 3 rings (SSSR count). The molecule has 23 heavy (non-hydrogen) atoms. The lowest BCUT2D eigenvalue weighted by Crippen LogP contribution is -2.27. The normalized spacial score (nSPS) is 10.5. The first-order chi connectivity index (χ1) is 11.2. The van der Waals surface area contributed by atoms with E-state index in [0.29, 0.717) is 18.1 Å². The van der Waals surface area contributed by atoms with Gasteiger partial charge in [0.05, 0.1) is 0 Å². The zero-order valence-electron chi connectivity index (χ0n) is 12.8. The molecular formula is C17H17N5O. The summed E-state index contributed by atoms with van der Waals surface area (Å²) in [5.41, 5.74) is 2.94. The minimum atomic E-state index is -0.107. The Bertz CT molecular complexity index is 798. The molecule has 0 aliphatic rings. The molecule has 0 spiro atoms. The number of carbonyl (C=O) groups excluding carboxylic acids is 1. The number of carbonyl (C=O) groups is 1. The van der Waals surface area contributed by atoms with Crippen molar-refractivity contribution >= 4 is 5.91 Å². The predicted octanol–water partition coefficient (Wildman–Crippen LogP) is 1.96. The molecule has 1 aromatic carbocycles. The molecule has 0 saturated heterocycles. The Hall–Kier alpha value is -3.02. The van der Waals surface area contributed by atoms with E-state index in [-0.39, 0.29) is 12.5 Å². The van der Waals surface area contributed by atoms with Crippen molar-refractivity contribution in [1.29, 1.82) is 0 Å². The van der Waals surface area contributed by atoms with Gasteiger partial charge in [0, 0.05) is 12.7 Å². The molecular weight excluding hydrogens is 290 g/mol. The largest absolute Gasteiger partial charge is 0.350 e. The van der Waals surface area contributed by atoms with Crippen LogP contribution in [0.5, 0.6) is 0 Å². The van der Waals surface area contributed by atoms with E-state index in [4.69, 9.17) is 0 Å². The first kappa shape index (κ1) is 14.9. The van der Waals surface area contributed by atoms with Crippen molar-refractivity contribution in [1.82, 2.24) is 25.1 Å². The average Bonchev–Trinajstić information content (AvgIpc) is 3.02. The van der Waals surface area contributed by atoms with E-state index >= 15 is 0 Å². The van der Waals surface area contributed by atoms with Crippen LogP contribution in [-0.2, 0) is 17.9 Å². The Balaban J connectivity index is 1.57. The van der Waals surface area contributed by atoms with Gasteiger partial charge >= 0.3 is 0 Å². The fourth-order valence-electron chi connectivity index (χ4n) is 2.21. The van der Waals surface area contributed by atoms with Crippen molar-refractivity contribution in [2.75, 3.05) is 0 Å². The molecule has 0 bridgehead atoms. The van der Waals surface area contributed by atoms with E-state index in [1.54, 1.807) is 6.20 Å². The van der Waals surface area contributed by atoms with Gasteiger partial charge in [0.25, 0.3) is 0 Å². The summed E-state index contributed by atoms with van der Waals surface area (Å²) in [7, 11) is 0. The van der Waals surface area contributed by atoms with Crippen LogP contribution < -0.4 is 5.32 Å². The second-order valence-electron chi connectivity index (χ2n) is 5.25. The lowest BCUT2D eigenvalue weighted by molar-refractivity contribution is -0.122.